The zero-order chi connectivity index (χ0) is 24.4. The van der Waals surface area contributed by atoms with Gasteiger partial charge in [-0.2, -0.15) is 0 Å². The van der Waals surface area contributed by atoms with Crippen molar-refractivity contribution in [2.75, 3.05) is 43.5 Å². The average molecular weight is 472 g/mol. The van der Waals surface area contributed by atoms with Crippen LogP contribution in [0.3, 0.4) is 0 Å². The Kier molecular flexibility index (Phi) is 6.33. The number of nitro groups is 1. The van der Waals surface area contributed by atoms with Crippen LogP contribution in [0, 0.1) is 10.1 Å². The van der Waals surface area contributed by atoms with E-state index < -0.39 is 0 Å². The minimum atomic E-state index is -0.334. The van der Waals surface area contributed by atoms with Crippen LogP contribution in [0.2, 0.25) is 0 Å². The van der Waals surface area contributed by atoms with Crippen molar-refractivity contribution in [1.82, 2.24) is 19.9 Å². The number of para-hydroxylation sites is 1. The molecule has 1 aliphatic heterocycles. The standard InChI is InChI=1S/C26H29N7O2/c1-30(2)14-15-32(16-19-8-4-3-5-9-19)26-24(33(34)35)25(27-18-28-26)31-13-12-21-20-10-6-7-11-22(20)29-23(21)17-31/h3-11,18,29H,12-17H2,1-2H3. The molecule has 9 nitrogen and oxygen atoms in total. The van der Waals surface area contributed by atoms with Gasteiger partial charge in [-0.05, 0) is 37.7 Å². The van der Waals surface area contributed by atoms with E-state index in [0.29, 0.717) is 37.8 Å². The summed E-state index contributed by atoms with van der Waals surface area (Å²) in [5.41, 5.74) is 4.49. The lowest BCUT2D eigenvalue weighted by Crippen LogP contribution is -2.34. The molecule has 0 unspecified atom stereocenters. The number of H-pyrrole nitrogens is 1. The van der Waals surface area contributed by atoms with Crippen molar-refractivity contribution in [1.29, 1.82) is 0 Å². The normalized spacial score (nSPS) is 13.3. The Hall–Kier alpha value is -3.98. The van der Waals surface area contributed by atoms with Gasteiger partial charge in [-0.1, -0.05) is 48.5 Å². The van der Waals surface area contributed by atoms with Crippen molar-refractivity contribution in [3.8, 4) is 0 Å². The summed E-state index contributed by atoms with van der Waals surface area (Å²) in [6.07, 6.45) is 2.25. The lowest BCUT2D eigenvalue weighted by molar-refractivity contribution is -0.383. The van der Waals surface area contributed by atoms with Crippen LogP contribution in [-0.4, -0.2) is 58.5 Å². The number of aromatic amines is 1. The van der Waals surface area contributed by atoms with Crippen LogP contribution in [-0.2, 0) is 19.5 Å². The number of likely N-dealkylation sites (N-methyl/N-ethyl adjacent to an activating group) is 1. The second kappa shape index (κ2) is 9.71. The van der Waals surface area contributed by atoms with Crippen molar-refractivity contribution in [2.45, 2.75) is 19.5 Å². The third-order valence-corrected chi connectivity index (χ3v) is 6.48. The molecule has 5 rings (SSSR count). The number of hydrogen-bond acceptors (Lipinski definition) is 7. The van der Waals surface area contributed by atoms with Crippen LogP contribution >= 0.6 is 0 Å². The zero-order valence-corrected chi connectivity index (χ0v) is 20.0. The van der Waals surface area contributed by atoms with E-state index in [4.69, 9.17) is 0 Å². The van der Waals surface area contributed by atoms with Crippen LogP contribution in [0.25, 0.3) is 10.9 Å². The van der Waals surface area contributed by atoms with Crippen molar-refractivity contribution in [2.24, 2.45) is 0 Å². The predicted molar refractivity (Wildman–Crippen MR) is 138 cm³/mol. The third kappa shape index (κ3) is 4.67. The van der Waals surface area contributed by atoms with E-state index in [1.807, 2.05) is 66.4 Å². The second-order valence-corrected chi connectivity index (χ2v) is 9.14. The quantitative estimate of drug-likeness (QED) is 0.307. The summed E-state index contributed by atoms with van der Waals surface area (Å²) in [6, 6.07) is 18.2. The monoisotopic (exact) mass is 471 g/mol. The van der Waals surface area contributed by atoms with Gasteiger partial charge < -0.3 is 19.7 Å². The first kappa shape index (κ1) is 22.8. The van der Waals surface area contributed by atoms with Gasteiger partial charge in [-0.25, -0.2) is 9.97 Å². The van der Waals surface area contributed by atoms with Crippen molar-refractivity contribution in [3.63, 3.8) is 0 Å². The van der Waals surface area contributed by atoms with E-state index in [0.717, 1.165) is 29.7 Å². The van der Waals surface area contributed by atoms with Crippen LogP contribution in [0.5, 0.6) is 0 Å². The molecule has 0 bridgehead atoms. The Labute approximate surface area is 204 Å². The summed E-state index contributed by atoms with van der Waals surface area (Å²) in [4.78, 5) is 30.5. The molecular weight excluding hydrogens is 442 g/mol. The van der Waals surface area contributed by atoms with E-state index in [1.54, 1.807) is 0 Å². The van der Waals surface area contributed by atoms with E-state index in [1.165, 1.54) is 17.3 Å². The first-order valence-corrected chi connectivity index (χ1v) is 11.8. The molecule has 2 aromatic carbocycles. The number of rotatable bonds is 8. The van der Waals surface area contributed by atoms with E-state index >= 15 is 0 Å². The molecule has 9 heteroatoms. The van der Waals surface area contributed by atoms with Gasteiger partial charge in [0.2, 0.25) is 11.6 Å². The smallest absolute Gasteiger partial charge is 0.353 e. The molecular formula is C26H29N7O2. The molecule has 3 heterocycles. The zero-order valence-electron chi connectivity index (χ0n) is 20.0. The molecule has 1 N–H and O–H groups in total. The number of hydrogen-bond donors (Lipinski definition) is 1. The summed E-state index contributed by atoms with van der Waals surface area (Å²) >= 11 is 0. The maximum atomic E-state index is 12.4. The summed E-state index contributed by atoms with van der Waals surface area (Å²) < 4.78 is 0. The SMILES string of the molecule is CN(C)CCN(Cc1ccccc1)c1ncnc(N2CCc3c([nH]c4ccccc34)C2)c1[N+](=O)[O-]. The molecule has 1 aliphatic rings. The Bertz CT molecular complexity index is 1340. The molecule has 0 saturated carbocycles. The Balaban J connectivity index is 1.51. The topological polar surface area (TPSA) is 94.4 Å². The lowest BCUT2D eigenvalue weighted by atomic mass is 10.0. The molecule has 0 atom stereocenters. The summed E-state index contributed by atoms with van der Waals surface area (Å²) in [7, 11) is 3.98. The first-order chi connectivity index (χ1) is 17.0. The largest absolute Gasteiger partial charge is 0.357 e. The van der Waals surface area contributed by atoms with Crippen LogP contribution in [0.4, 0.5) is 17.3 Å². The fourth-order valence-corrected chi connectivity index (χ4v) is 4.74. The van der Waals surface area contributed by atoms with E-state index in [-0.39, 0.29) is 10.6 Å². The second-order valence-electron chi connectivity index (χ2n) is 9.14. The molecule has 0 spiro atoms. The molecule has 0 radical (unpaired) electrons. The number of benzene rings is 2. The summed E-state index contributed by atoms with van der Waals surface area (Å²) in [6.45, 7) is 3.06. The minimum Gasteiger partial charge on any atom is -0.357 e. The van der Waals surface area contributed by atoms with Gasteiger partial charge in [0.05, 0.1) is 11.5 Å². The van der Waals surface area contributed by atoms with Crippen molar-refractivity contribution >= 4 is 28.2 Å². The van der Waals surface area contributed by atoms with Gasteiger partial charge in [0.1, 0.15) is 6.33 Å². The van der Waals surface area contributed by atoms with Gasteiger partial charge in [-0.15, -0.1) is 0 Å². The highest BCUT2D eigenvalue weighted by atomic mass is 16.6. The number of anilines is 2. The van der Waals surface area contributed by atoms with Gasteiger partial charge >= 0.3 is 5.69 Å². The number of nitrogens with one attached hydrogen (secondary N) is 1. The highest BCUT2D eigenvalue weighted by Gasteiger charge is 2.32. The van der Waals surface area contributed by atoms with Gasteiger partial charge in [-0.3, -0.25) is 10.1 Å². The van der Waals surface area contributed by atoms with E-state index in [2.05, 4.69) is 32.0 Å². The Morgan fingerprint density at radius 3 is 2.60 bits per heavy atom. The highest BCUT2D eigenvalue weighted by Crippen LogP contribution is 2.37. The highest BCUT2D eigenvalue weighted by molar-refractivity contribution is 5.85. The number of fused-ring (bicyclic) bond motifs is 3. The van der Waals surface area contributed by atoms with E-state index in [9.17, 15) is 10.1 Å². The molecule has 2 aromatic heterocycles. The van der Waals surface area contributed by atoms with Gasteiger partial charge in [0.15, 0.2) is 0 Å². The summed E-state index contributed by atoms with van der Waals surface area (Å²) in [5.74, 6) is 0.723. The summed E-state index contributed by atoms with van der Waals surface area (Å²) in [5, 5.41) is 13.6. The molecule has 4 aromatic rings. The fourth-order valence-electron chi connectivity index (χ4n) is 4.74. The van der Waals surface area contributed by atoms with Gasteiger partial charge in [0, 0.05) is 42.8 Å². The van der Waals surface area contributed by atoms with Gasteiger partial charge in [0.25, 0.3) is 0 Å². The molecule has 0 aliphatic carbocycles. The number of nitrogens with zero attached hydrogens (tertiary/aromatic N) is 6. The van der Waals surface area contributed by atoms with Crippen molar-refractivity contribution < 1.29 is 4.92 Å². The minimum absolute atomic E-state index is 0.0400. The maximum absolute atomic E-state index is 12.4. The Morgan fingerprint density at radius 2 is 1.83 bits per heavy atom. The Morgan fingerprint density at radius 1 is 1.06 bits per heavy atom. The fraction of sp³-hybridized carbons (Fsp3) is 0.308. The molecule has 0 fully saturated rings. The molecule has 180 valence electrons. The average Bonchev–Trinajstić information content (AvgIpc) is 3.24. The molecule has 0 saturated heterocycles. The van der Waals surface area contributed by atoms with Crippen LogP contribution < -0.4 is 9.80 Å². The molecule has 0 amide bonds. The third-order valence-electron chi connectivity index (χ3n) is 6.48. The van der Waals surface area contributed by atoms with Crippen LogP contribution in [0.15, 0.2) is 60.9 Å². The maximum Gasteiger partial charge on any atom is 0.353 e. The number of aromatic nitrogens is 3. The predicted octanol–water partition coefficient (Wildman–Crippen LogP) is 4.00. The van der Waals surface area contributed by atoms with Crippen LogP contribution in [0.1, 0.15) is 16.8 Å². The molecule has 35 heavy (non-hydrogen) atoms. The first-order valence-electron chi connectivity index (χ1n) is 11.8. The lowest BCUT2D eigenvalue weighted by Gasteiger charge is -2.30. The van der Waals surface area contributed by atoms with Crippen molar-refractivity contribution in [3.05, 3.63) is 87.9 Å².